The normalized spacial score (nSPS) is 11.4. The van der Waals surface area contributed by atoms with Crippen molar-refractivity contribution in [2.24, 2.45) is 0 Å². The lowest BCUT2D eigenvalue weighted by molar-refractivity contribution is 0.578. The smallest absolute Gasteiger partial charge is 0.260 e. The Morgan fingerprint density at radius 3 is 2.95 bits per heavy atom. The van der Waals surface area contributed by atoms with Gasteiger partial charge in [0.1, 0.15) is 0 Å². The molecule has 2 aromatic rings. The van der Waals surface area contributed by atoms with Gasteiger partial charge in [-0.15, -0.1) is 0 Å². The van der Waals surface area contributed by atoms with Crippen molar-refractivity contribution in [1.29, 1.82) is 0 Å². The zero-order valence-corrected chi connectivity index (χ0v) is 11.9. The minimum Gasteiger partial charge on any atom is -0.383 e. The van der Waals surface area contributed by atoms with Crippen LogP contribution in [0.3, 0.4) is 0 Å². The molecule has 0 saturated heterocycles. The standard InChI is InChI=1S/C12H17N5O2S/c1-2-5-13-11-4-3-6-14-12(11)20(18,19)17-9-10-7-15-16-8-10/h3-4,6-8,13,17H,2,5,9H2,1H3,(H,15,16). The van der Waals surface area contributed by atoms with Crippen molar-refractivity contribution in [3.05, 3.63) is 36.3 Å². The predicted octanol–water partition coefficient (Wildman–Crippen LogP) is 1.11. The van der Waals surface area contributed by atoms with Gasteiger partial charge in [-0.05, 0) is 18.6 Å². The van der Waals surface area contributed by atoms with Crippen LogP contribution in [-0.4, -0.2) is 30.1 Å². The average Bonchev–Trinajstić information content (AvgIpc) is 2.97. The Bertz CT molecular complexity index is 640. The molecule has 0 amide bonds. The number of H-pyrrole nitrogens is 1. The molecule has 0 aromatic carbocycles. The third-order valence-corrected chi connectivity index (χ3v) is 3.97. The van der Waals surface area contributed by atoms with Crippen LogP contribution in [0.4, 0.5) is 5.69 Å². The van der Waals surface area contributed by atoms with Gasteiger partial charge in [-0.25, -0.2) is 18.1 Å². The van der Waals surface area contributed by atoms with Gasteiger partial charge < -0.3 is 5.32 Å². The molecular formula is C12H17N5O2S. The highest BCUT2D eigenvalue weighted by molar-refractivity contribution is 7.89. The highest BCUT2D eigenvalue weighted by Gasteiger charge is 2.19. The molecule has 3 N–H and O–H groups in total. The third kappa shape index (κ3) is 3.55. The van der Waals surface area contributed by atoms with Crippen LogP contribution >= 0.6 is 0 Å². The van der Waals surface area contributed by atoms with Gasteiger partial charge in [0.2, 0.25) is 0 Å². The van der Waals surface area contributed by atoms with E-state index in [0.717, 1.165) is 12.0 Å². The fourth-order valence-electron chi connectivity index (χ4n) is 1.62. The number of hydrogen-bond acceptors (Lipinski definition) is 5. The van der Waals surface area contributed by atoms with Crippen LogP contribution in [0.25, 0.3) is 0 Å². The first kappa shape index (κ1) is 14.5. The number of pyridine rings is 1. The van der Waals surface area contributed by atoms with Crippen molar-refractivity contribution in [2.75, 3.05) is 11.9 Å². The number of nitrogens with zero attached hydrogens (tertiary/aromatic N) is 2. The van der Waals surface area contributed by atoms with Gasteiger partial charge in [0.05, 0.1) is 11.9 Å². The summed E-state index contributed by atoms with van der Waals surface area (Å²) in [6.07, 6.45) is 5.56. The van der Waals surface area contributed by atoms with Gasteiger partial charge in [0, 0.05) is 31.0 Å². The molecule has 0 unspecified atom stereocenters. The Hall–Kier alpha value is -1.93. The number of rotatable bonds is 7. The lowest BCUT2D eigenvalue weighted by Crippen LogP contribution is -2.25. The van der Waals surface area contributed by atoms with Crippen molar-refractivity contribution < 1.29 is 8.42 Å². The molecule has 0 spiro atoms. The second-order valence-electron chi connectivity index (χ2n) is 4.21. The van der Waals surface area contributed by atoms with E-state index in [2.05, 4.69) is 25.2 Å². The quantitative estimate of drug-likeness (QED) is 0.710. The van der Waals surface area contributed by atoms with Gasteiger partial charge in [0.25, 0.3) is 10.0 Å². The molecule has 0 aliphatic rings. The van der Waals surface area contributed by atoms with Gasteiger partial charge in [-0.3, -0.25) is 5.10 Å². The van der Waals surface area contributed by atoms with Crippen molar-refractivity contribution in [3.63, 3.8) is 0 Å². The summed E-state index contributed by atoms with van der Waals surface area (Å²) in [6, 6.07) is 3.40. The zero-order chi connectivity index (χ0) is 14.4. The molecule has 0 aliphatic carbocycles. The average molecular weight is 295 g/mol. The van der Waals surface area contributed by atoms with Gasteiger partial charge >= 0.3 is 0 Å². The van der Waals surface area contributed by atoms with Crippen molar-refractivity contribution in [1.82, 2.24) is 19.9 Å². The van der Waals surface area contributed by atoms with E-state index in [0.29, 0.717) is 12.2 Å². The topological polar surface area (TPSA) is 99.8 Å². The van der Waals surface area contributed by atoms with Gasteiger partial charge in [0.15, 0.2) is 5.03 Å². The fraction of sp³-hybridized carbons (Fsp3) is 0.333. The summed E-state index contributed by atoms with van der Waals surface area (Å²) in [7, 11) is -3.66. The molecule has 0 aliphatic heterocycles. The van der Waals surface area contributed by atoms with Crippen LogP contribution in [0, 0.1) is 0 Å². The van der Waals surface area contributed by atoms with Crippen LogP contribution in [0.15, 0.2) is 35.7 Å². The summed E-state index contributed by atoms with van der Waals surface area (Å²) in [5.74, 6) is 0. The highest BCUT2D eigenvalue weighted by atomic mass is 32.2. The molecule has 0 atom stereocenters. The maximum atomic E-state index is 12.3. The number of anilines is 1. The highest BCUT2D eigenvalue weighted by Crippen LogP contribution is 2.18. The third-order valence-electron chi connectivity index (χ3n) is 2.61. The summed E-state index contributed by atoms with van der Waals surface area (Å²) in [6.45, 7) is 2.87. The second-order valence-corrected chi connectivity index (χ2v) is 5.90. The monoisotopic (exact) mass is 295 g/mol. The Morgan fingerprint density at radius 2 is 2.25 bits per heavy atom. The minimum absolute atomic E-state index is 0.0111. The number of hydrogen-bond donors (Lipinski definition) is 3. The molecule has 20 heavy (non-hydrogen) atoms. The summed E-state index contributed by atoms with van der Waals surface area (Å²) in [5, 5.41) is 9.47. The van der Waals surface area contributed by atoms with E-state index in [9.17, 15) is 8.42 Å². The van der Waals surface area contributed by atoms with E-state index in [1.54, 1.807) is 24.5 Å². The Balaban J connectivity index is 2.16. The van der Waals surface area contributed by atoms with E-state index in [4.69, 9.17) is 0 Å². The molecule has 2 aromatic heterocycles. The van der Waals surface area contributed by atoms with Crippen molar-refractivity contribution >= 4 is 15.7 Å². The Kier molecular flexibility index (Phi) is 4.70. The molecule has 8 heteroatoms. The van der Waals surface area contributed by atoms with E-state index < -0.39 is 10.0 Å². The van der Waals surface area contributed by atoms with Gasteiger partial charge in [-0.2, -0.15) is 5.10 Å². The summed E-state index contributed by atoms with van der Waals surface area (Å²) < 4.78 is 27.0. The molecule has 0 fully saturated rings. The van der Waals surface area contributed by atoms with E-state index in [-0.39, 0.29) is 11.6 Å². The number of aromatic amines is 1. The first-order chi connectivity index (χ1) is 9.63. The summed E-state index contributed by atoms with van der Waals surface area (Å²) >= 11 is 0. The van der Waals surface area contributed by atoms with Crippen LogP contribution in [-0.2, 0) is 16.6 Å². The minimum atomic E-state index is -3.66. The van der Waals surface area contributed by atoms with E-state index in [1.165, 1.54) is 6.20 Å². The van der Waals surface area contributed by atoms with Crippen molar-refractivity contribution in [2.45, 2.75) is 24.9 Å². The van der Waals surface area contributed by atoms with Gasteiger partial charge in [-0.1, -0.05) is 6.92 Å². The lowest BCUT2D eigenvalue weighted by atomic mass is 10.4. The van der Waals surface area contributed by atoms with Crippen LogP contribution in [0.5, 0.6) is 0 Å². The maximum absolute atomic E-state index is 12.3. The number of aromatic nitrogens is 3. The van der Waals surface area contributed by atoms with Crippen LogP contribution < -0.4 is 10.0 Å². The number of nitrogens with one attached hydrogen (secondary N) is 3. The summed E-state index contributed by atoms with van der Waals surface area (Å²) in [4.78, 5) is 3.97. The maximum Gasteiger partial charge on any atom is 0.260 e. The summed E-state index contributed by atoms with van der Waals surface area (Å²) in [5.41, 5.74) is 1.27. The van der Waals surface area contributed by atoms with E-state index >= 15 is 0 Å². The molecule has 7 nitrogen and oxygen atoms in total. The first-order valence-electron chi connectivity index (χ1n) is 6.29. The molecule has 2 rings (SSSR count). The lowest BCUT2D eigenvalue weighted by Gasteiger charge is -2.11. The molecule has 0 saturated carbocycles. The largest absolute Gasteiger partial charge is 0.383 e. The zero-order valence-electron chi connectivity index (χ0n) is 11.1. The first-order valence-corrected chi connectivity index (χ1v) is 7.78. The second kappa shape index (κ2) is 6.49. The molecule has 108 valence electrons. The Labute approximate surface area is 117 Å². The van der Waals surface area contributed by atoms with Crippen molar-refractivity contribution in [3.8, 4) is 0 Å². The predicted molar refractivity (Wildman–Crippen MR) is 75.6 cm³/mol. The molecule has 2 heterocycles. The molecular weight excluding hydrogens is 278 g/mol. The fourth-order valence-corrected chi connectivity index (χ4v) is 2.74. The number of sulfonamides is 1. The molecule has 0 bridgehead atoms. The van der Waals surface area contributed by atoms with Crippen LogP contribution in [0.2, 0.25) is 0 Å². The molecule has 0 radical (unpaired) electrons. The van der Waals surface area contributed by atoms with Crippen LogP contribution in [0.1, 0.15) is 18.9 Å². The SMILES string of the molecule is CCCNc1cccnc1S(=O)(=O)NCc1cn[nH]c1. The van der Waals surface area contributed by atoms with E-state index in [1.807, 2.05) is 6.92 Å². The Morgan fingerprint density at radius 1 is 1.40 bits per heavy atom.